The molecule has 19 heavy (non-hydrogen) atoms. The minimum atomic E-state index is 0.299. The monoisotopic (exact) mass is 261 g/mol. The molecule has 0 aromatic carbocycles. The second-order valence-corrected chi connectivity index (χ2v) is 5.17. The number of hydrogen-bond donors (Lipinski definition) is 1. The summed E-state index contributed by atoms with van der Waals surface area (Å²) in [6, 6.07) is 0.299. The molecular weight excluding hydrogens is 242 g/mol. The predicted molar refractivity (Wildman–Crippen MR) is 69.4 cm³/mol. The third-order valence-electron chi connectivity index (χ3n) is 3.75. The Bertz CT molecular complexity index is 547. The Morgan fingerprint density at radius 3 is 3.00 bits per heavy atom. The highest BCUT2D eigenvalue weighted by Gasteiger charge is 2.27. The van der Waals surface area contributed by atoms with E-state index in [9.17, 15) is 0 Å². The van der Waals surface area contributed by atoms with Crippen LogP contribution in [0.3, 0.4) is 0 Å². The first-order valence-electron chi connectivity index (χ1n) is 6.77. The highest BCUT2D eigenvalue weighted by Crippen LogP contribution is 2.30. The van der Waals surface area contributed by atoms with Crippen LogP contribution in [0.2, 0.25) is 0 Å². The van der Waals surface area contributed by atoms with Crippen LogP contribution in [-0.2, 0) is 6.54 Å². The smallest absolute Gasteiger partial charge is 0.167 e. The number of nitrogens with zero attached hydrogens (tertiary/aromatic N) is 4. The molecule has 3 rings (SSSR count). The Hall–Kier alpha value is -1.69. The zero-order valence-electron chi connectivity index (χ0n) is 11.4. The molecular formula is C13H19N5O. The van der Waals surface area contributed by atoms with Gasteiger partial charge in [-0.1, -0.05) is 11.6 Å². The van der Waals surface area contributed by atoms with Crippen LogP contribution in [0.4, 0.5) is 0 Å². The van der Waals surface area contributed by atoms with Gasteiger partial charge in [0.05, 0.1) is 12.2 Å². The van der Waals surface area contributed by atoms with Crippen molar-refractivity contribution in [3.8, 4) is 0 Å². The van der Waals surface area contributed by atoms with Gasteiger partial charge in [-0.2, -0.15) is 5.10 Å². The largest absolute Gasteiger partial charge is 0.361 e. The maximum Gasteiger partial charge on any atom is 0.167 e. The van der Waals surface area contributed by atoms with Crippen molar-refractivity contribution in [1.29, 1.82) is 0 Å². The van der Waals surface area contributed by atoms with Gasteiger partial charge in [0.1, 0.15) is 11.6 Å². The molecule has 1 saturated heterocycles. The Labute approximate surface area is 112 Å². The molecule has 0 spiro atoms. The number of aromatic amines is 1. The van der Waals surface area contributed by atoms with Gasteiger partial charge in [-0.25, -0.2) is 4.98 Å². The van der Waals surface area contributed by atoms with Gasteiger partial charge in [0.25, 0.3) is 0 Å². The van der Waals surface area contributed by atoms with Gasteiger partial charge in [-0.15, -0.1) is 0 Å². The van der Waals surface area contributed by atoms with E-state index < -0.39 is 0 Å². The minimum Gasteiger partial charge on any atom is -0.361 e. The van der Waals surface area contributed by atoms with Crippen LogP contribution in [0.5, 0.6) is 0 Å². The molecule has 1 aliphatic rings. The van der Waals surface area contributed by atoms with Crippen LogP contribution in [-0.4, -0.2) is 31.8 Å². The van der Waals surface area contributed by atoms with Gasteiger partial charge in [-0.3, -0.25) is 10.00 Å². The molecule has 0 saturated carbocycles. The zero-order valence-corrected chi connectivity index (χ0v) is 11.4. The van der Waals surface area contributed by atoms with Gasteiger partial charge in [0.15, 0.2) is 5.82 Å². The maximum absolute atomic E-state index is 5.14. The van der Waals surface area contributed by atoms with Gasteiger partial charge >= 0.3 is 0 Å². The van der Waals surface area contributed by atoms with E-state index in [1.807, 2.05) is 20.0 Å². The average Bonchev–Trinajstić information content (AvgIpc) is 3.00. The summed E-state index contributed by atoms with van der Waals surface area (Å²) in [5.41, 5.74) is 1.15. The Morgan fingerprint density at radius 2 is 2.32 bits per heavy atom. The lowest BCUT2D eigenvalue weighted by Gasteiger charge is -2.33. The fourth-order valence-electron chi connectivity index (χ4n) is 2.67. The average molecular weight is 261 g/mol. The van der Waals surface area contributed by atoms with Gasteiger partial charge < -0.3 is 4.52 Å². The van der Waals surface area contributed by atoms with Crippen LogP contribution in [0, 0.1) is 13.8 Å². The molecule has 1 fully saturated rings. The number of aromatic nitrogens is 4. The first kappa shape index (κ1) is 12.3. The normalized spacial score (nSPS) is 20.8. The predicted octanol–water partition coefficient (Wildman–Crippen LogP) is 2.14. The van der Waals surface area contributed by atoms with Gasteiger partial charge in [0.2, 0.25) is 0 Å². The van der Waals surface area contributed by atoms with E-state index in [1.165, 1.54) is 12.8 Å². The Morgan fingerprint density at radius 1 is 1.42 bits per heavy atom. The summed E-state index contributed by atoms with van der Waals surface area (Å²) in [5, 5.41) is 11.1. The molecule has 1 atom stereocenters. The summed E-state index contributed by atoms with van der Waals surface area (Å²) in [4.78, 5) is 6.91. The van der Waals surface area contributed by atoms with Crippen molar-refractivity contribution in [2.75, 3.05) is 6.54 Å². The second kappa shape index (κ2) is 5.13. The number of likely N-dealkylation sites (tertiary alicyclic amines) is 1. The van der Waals surface area contributed by atoms with Crippen molar-refractivity contribution in [1.82, 2.24) is 25.2 Å². The number of aryl methyl sites for hydroxylation is 2. The van der Waals surface area contributed by atoms with Crippen molar-refractivity contribution in [2.45, 2.75) is 45.7 Å². The van der Waals surface area contributed by atoms with Crippen LogP contribution >= 0.6 is 0 Å². The van der Waals surface area contributed by atoms with Crippen molar-refractivity contribution in [3.63, 3.8) is 0 Å². The fourth-order valence-corrected chi connectivity index (χ4v) is 2.67. The topological polar surface area (TPSA) is 70.8 Å². The van der Waals surface area contributed by atoms with E-state index in [0.717, 1.165) is 42.5 Å². The Kier molecular flexibility index (Phi) is 3.33. The van der Waals surface area contributed by atoms with E-state index in [2.05, 4.69) is 25.2 Å². The standard InChI is InChI=1S/C13H19N5O/c1-9-11(7-14-19-9)8-18-6-4-3-5-12(18)13-15-10(2)16-17-13/h7,12H,3-6,8H2,1-2H3,(H,15,16,17)/t12-/m1/s1. The van der Waals surface area contributed by atoms with Crippen LogP contribution in [0.1, 0.15) is 48.3 Å². The van der Waals surface area contributed by atoms with Crippen molar-refractivity contribution >= 4 is 0 Å². The molecule has 3 heterocycles. The third kappa shape index (κ3) is 2.53. The van der Waals surface area contributed by atoms with Crippen LogP contribution < -0.4 is 0 Å². The fraction of sp³-hybridized carbons (Fsp3) is 0.615. The highest BCUT2D eigenvalue weighted by atomic mass is 16.5. The molecule has 0 aliphatic carbocycles. The van der Waals surface area contributed by atoms with E-state index in [1.54, 1.807) is 0 Å². The molecule has 0 radical (unpaired) electrons. The molecule has 2 aromatic heterocycles. The summed E-state index contributed by atoms with van der Waals surface area (Å²) in [6.07, 6.45) is 5.38. The minimum absolute atomic E-state index is 0.299. The van der Waals surface area contributed by atoms with Crippen molar-refractivity contribution in [2.24, 2.45) is 0 Å². The van der Waals surface area contributed by atoms with Crippen LogP contribution in [0.15, 0.2) is 10.7 Å². The number of hydrogen-bond acceptors (Lipinski definition) is 5. The lowest BCUT2D eigenvalue weighted by molar-refractivity contribution is 0.133. The lowest BCUT2D eigenvalue weighted by Crippen LogP contribution is -2.33. The Balaban J connectivity index is 1.79. The number of H-pyrrole nitrogens is 1. The number of rotatable bonds is 3. The second-order valence-electron chi connectivity index (χ2n) is 5.17. The van der Waals surface area contributed by atoms with E-state index in [0.29, 0.717) is 6.04 Å². The van der Waals surface area contributed by atoms with E-state index in [4.69, 9.17) is 4.52 Å². The summed E-state index contributed by atoms with van der Waals surface area (Å²) in [6.45, 7) is 5.82. The molecule has 1 aliphatic heterocycles. The molecule has 2 aromatic rings. The molecule has 6 heteroatoms. The zero-order chi connectivity index (χ0) is 13.2. The number of nitrogens with one attached hydrogen (secondary N) is 1. The maximum atomic E-state index is 5.14. The molecule has 1 N–H and O–H groups in total. The quantitative estimate of drug-likeness (QED) is 0.916. The van der Waals surface area contributed by atoms with E-state index >= 15 is 0 Å². The summed E-state index contributed by atoms with van der Waals surface area (Å²) >= 11 is 0. The summed E-state index contributed by atoms with van der Waals surface area (Å²) < 4.78 is 5.14. The van der Waals surface area contributed by atoms with E-state index in [-0.39, 0.29) is 0 Å². The SMILES string of the molecule is Cc1nc([C@H]2CCCCN2Cc2cnoc2C)n[nH]1. The molecule has 0 bridgehead atoms. The number of piperidine rings is 1. The summed E-state index contributed by atoms with van der Waals surface area (Å²) in [5.74, 6) is 2.68. The molecule has 102 valence electrons. The molecule has 0 amide bonds. The van der Waals surface area contributed by atoms with Crippen molar-refractivity contribution in [3.05, 3.63) is 29.2 Å². The van der Waals surface area contributed by atoms with Gasteiger partial charge in [-0.05, 0) is 33.2 Å². The lowest BCUT2D eigenvalue weighted by atomic mass is 10.0. The van der Waals surface area contributed by atoms with Crippen molar-refractivity contribution < 1.29 is 4.52 Å². The molecule has 0 unspecified atom stereocenters. The first-order chi connectivity index (χ1) is 9.24. The van der Waals surface area contributed by atoms with Gasteiger partial charge in [0, 0.05) is 12.1 Å². The highest BCUT2D eigenvalue weighted by molar-refractivity contribution is 5.12. The third-order valence-corrected chi connectivity index (χ3v) is 3.75. The molecule has 6 nitrogen and oxygen atoms in total. The first-order valence-corrected chi connectivity index (χ1v) is 6.77. The summed E-state index contributed by atoms with van der Waals surface area (Å²) in [7, 11) is 0. The van der Waals surface area contributed by atoms with Crippen LogP contribution in [0.25, 0.3) is 0 Å².